The lowest BCUT2D eigenvalue weighted by atomic mass is 10.1. The van der Waals surface area contributed by atoms with Crippen molar-refractivity contribution in [2.45, 2.75) is 30.1 Å². The minimum absolute atomic E-state index is 0.0932. The molecule has 0 radical (unpaired) electrons. The number of nitriles is 1. The highest BCUT2D eigenvalue weighted by Crippen LogP contribution is 2.40. The van der Waals surface area contributed by atoms with Crippen LogP contribution in [0.4, 0.5) is 8.78 Å². The number of aromatic nitrogens is 2. The summed E-state index contributed by atoms with van der Waals surface area (Å²) in [5.74, 6) is -2.36. The molecule has 0 saturated heterocycles. The summed E-state index contributed by atoms with van der Waals surface area (Å²) in [7, 11) is 0. The molecule has 1 fully saturated rings. The molecular formula is C21H19F2N3OS. The SMILES string of the molecule is CSc1cc(-c2cnc3ccccn23)cc(OCC2CCC(F)(F)C2)c1C#N. The molecule has 1 saturated carbocycles. The number of hydrogen-bond donors (Lipinski definition) is 0. The van der Waals surface area contributed by atoms with Crippen LogP contribution in [0.15, 0.2) is 47.6 Å². The molecule has 3 aromatic rings. The minimum Gasteiger partial charge on any atom is -0.492 e. The van der Waals surface area contributed by atoms with Crippen LogP contribution in [0.5, 0.6) is 5.75 Å². The number of fused-ring (bicyclic) bond motifs is 1. The van der Waals surface area contributed by atoms with Gasteiger partial charge in [-0.05, 0) is 42.9 Å². The van der Waals surface area contributed by atoms with E-state index in [1.165, 1.54) is 11.8 Å². The molecule has 0 N–H and O–H groups in total. The standard InChI is InChI=1S/C21H19F2N3OS/c1-28-19-9-15(17-12-25-20-4-2-3-7-26(17)20)8-18(16(19)11-24)27-13-14-5-6-21(22,23)10-14/h2-4,7-9,12,14H,5-6,10,13H2,1H3. The van der Waals surface area contributed by atoms with Crippen LogP contribution in [0.2, 0.25) is 0 Å². The van der Waals surface area contributed by atoms with Crippen molar-refractivity contribution in [3.05, 3.63) is 48.3 Å². The van der Waals surface area contributed by atoms with E-state index in [-0.39, 0.29) is 25.4 Å². The summed E-state index contributed by atoms with van der Waals surface area (Å²) >= 11 is 1.46. The van der Waals surface area contributed by atoms with Crippen LogP contribution in [0, 0.1) is 17.2 Å². The number of nitrogens with zero attached hydrogens (tertiary/aromatic N) is 3. The maximum absolute atomic E-state index is 13.5. The van der Waals surface area contributed by atoms with Crippen molar-refractivity contribution in [3.8, 4) is 23.1 Å². The van der Waals surface area contributed by atoms with Crippen molar-refractivity contribution in [1.29, 1.82) is 5.26 Å². The zero-order valence-corrected chi connectivity index (χ0v) is 16.2. The first kappa shape index (κ1) is 18.8. The Kier molecular flexibility index (Phi) is 4.98. The van der Waals surface area contributed by atoms with E-state index in [0.29, 0.717) is 17.7 Å². The monoisotopic (exact) mass is 399 g/mol. The van der Waals surface area contributed by atoms with Crippen LogP contribution in [0.25, 0.3) is 16.9 Å². The number of benzene rings is 1. The molecule has 0 bridgehead atoms. The fourth-order valence-electron chi connectivity index (χ4n) is 3.66. The van der Waals surface area contributed by atoms with Gasteiger partial charge in [-0.1, -0.05) is 6.07 Å². The molecule has 0 amide bonds. The van der Waals surface area contributed by atoms with Gasteiger partial charge in [0.25, 0.3) is 0 Å². The molecule has 0 aliphatic heterocycles. The third-order valence-corrected chi connectivity index (χ3v) is 5.85. The van der Waals surface area contributed by atoms with Gasteiger partial charge < -0.3 is 4.74 Å². The molecule has 0 spiro atoms. The van der Waals surface area contributed by atoms with Gasteiger partial charge in [0.1, 0.15) is 23.0 Å². The molecule has 4 rings (SSSR count). The summed E-state index contributed by atoms with van der Waals surface area (Å²) in [6, 6.07) is 11.7. The highest BCUT2D eigenvalue weighted by Gasteiger charge is 2.39. The zero-order chi connectivity index (χ0) is 19.7. The summed E-state index contributed by atoms with van der Waals surface area (Å²) in [4.78, 5) is 5.20. The molecule has 1 aliphatic rings. The lowest BCUT2D eigenvalue weighted by Gasteiger charge is -2.16. The van der Waals surface area contributed by atoms with Crippen LogP contribution >= 0.6 is 11.8 Å². The first-order chi connectivity index (χ1) is 13.5. The van der Waals surface area contributed by atoms with E-state index in [2.05, 4.69) is 11.1 Å². The lowest BCUT2D eigenvalue weighted by molar-refractivity contribution is 0.00291. The highest BCUT2D eigenvalue weighted by molar-refractivity contribution is 7.98. The maximum atomic E-state index is 13.5. The molecule has 28 heavy (non-hydrogen) atoms. The van der Waals surface area contributed by atoms with Crippen molar-refractivity contribution in [1.82, 2.24) is 9.38 Å². The lowest BCUT2D eigenvalue weighted by Crippen LogP contribution is -2.14. The van der Waals surface area contributed by atoms with Crippen molar-refractivity contribution in [3.63, 3.8) is 0 Å². The van der Waals surface area contributed by atoms with Gasteiger partial charge in [-0.25, -0.2) is 13.8 Å². The maximum Gasteiger partial charge on any atom is 0.248 e. The molecule has 4 nitrogen and oxygen atoms in total. The first-order valence-electron chi connectivity index (χ1n) is 9.06. The quantitative estimate of drug-likeness (QED) is 0.539. The normalized spacial score (nSPS) is 18.3. The predicted molar refractivity (Wildman–Crippen MR) is 105 cm³/mol. The van der Waals surface area contributed by atoms with E-state index in [1.54, 1.807) is 6.20 Å². The van der Waals surface area contributed by atoms with Crippen molar-refractivity contribution >= 4 is 17.4 Å². The molecule has 2 heterocycles. The summed E-state index contributed by atoms with van der Waals surface area (Å²) in [6.07, 6.45) is 5.80. The van der Waals surface area contributed by atoms with Crippen molar-refractivity contribution in [2.75, 3.05) is 12.9 Å². The summed E-state index contributed by atoms with van der Waals surface area (Å²) in [5, 5.41) is 9.62. The van der Waals surface area contributed by atoms with Gasteiger partial charge >= 0.3 is 0 Å². The Balaban J connectivity index is 1.69. The third kappa shape index (κ3) is 3.57. The summed E-state index contributed by atoms with van der Waals surface area (Å²) < 4.78 is 34.8. The van der Waals surface area contributed by atoms with Gasteiger partial charge in [-0.3, -0.25) is 4.40 Å². The largest absolute Gasteiger partial charge is 0.492 e. The summed E-state index contributed by atoms with van der Waals surface area (Å²) in [5.41, 5.74) is 3.01. The Morgan fingerprint density at radius 2 is 2.25 bits per heavy atom. The van der Waals surface area contributed by atoms with Gasteiger partial charge in [0.05, 0.1) is 18.5 Å². The molecule has 1 aliphatic carbocycles. The van der Waals surface area contributed by atoms with Crippen molar-refractivity contribution < 1.29 is 13.5 Å². The van der Waals surface area contributed by atoms with Gasteiger partial charge in [0.15, 0.2) is 0 Å². The second-order valence-electron chi connectivity index (χ2n) is 7.01. The molecule has 2 aromatic heterocycles. The predicted octanol–water partition coefficient (Wildman–Crippen LogP) is 5.41. The Morgan fingerprint density at radius 1 is 1.39 bits per heavy atom. The smallest absolute Gasteiger partial charge is 0.248 e. The van der Waals surface area contributed by atoms with E-state index in [1.807, 2.05) is 47.2 Å². The van der Waals surface area contributed by atoms with E-state index in [0.717, 1.165) is 21.8 Å². The average molecular weight is 399 g/mol. The highest BCUT2D eigenvalue weighted by atomic mass is 32.2. The van der Waals surface area contributed by atoms with E-state index >= 15 is 0 Å². The van der Waals surface area contributed by atoms with Gasteiger partial charge in [0, 0.05) is 29.5 Å². The summed E-state index contributed by atoms with van der Waals surface area (Å²) in [6.45, 7) is 0.189. The number of rotatable bonds is 5. The molecule has 144 valence electrons. The molecular weight excluding hydrogens is 380 g/mol. The Bertz CT molecular complexity index is 1060. The second kappa shape index (κ2) is 7.44. The van der Waals surface area contributed by atoms with Crippen LogP contribution in [-0.2, 0) is 0 Å². The Labute approximate surface area is 166 Å². The van der Waals surface area contributed by atoms with Crippen LogP contribution in [-0.4, -0.2) is 28.2 Å². The van der Waals surface area contributed by atoms with Gasteiger partial charge in [-0.2, -0.15) is 5.26 Å². The molecule has 1 unspecified atom stereocenters. The number of ether oxygens (including phenoxy) is 1. The fourth-order valence-corrected chi connectivity index (χ4v) is 4.26. The Morgan fingerprint density at radius 3 is 2.96 bits per heavy atom. The fraction of sp³-hybridized carbons (Fsp3) is 0.333. The van der Waals surface area contributed by atoms with Crippen molar-refractivity contribution in [2.24, 2.45) is 5.92 Å². The van der Waals surface area contributed by atoms with E-state index < -0.39 is 5.92 Å². The van der Waals surface area contributed by atoms with E-state index in [4.69, 9.17) is 4.74 Å². The van der Waals surface area contributed by atoms with Crippen LogP contribution in [0.3, 0.4) is 0 Å². The number of imidazole rings is 1. The number of alkyl halides is 2. The van der Waals surface area contributed by atoms with Crippen LogP contribution < -0.4 is 4.74 Å². The van der Waals surface area contributed by atoms with Gasteiger partial charge in [-0.15, -0.1) is 11.8 Å². The topological polar surface area (TPSA) is 50.3 Å². The van der Waals surface area contributed by atoms with E-state index in [9.17, 15) is 14.0 Å². The number of pyridine rings is 1. The zero-order valence-electron chi connectivity index (χ0n) is 15.4. The molecule has 1 aromatic carbocycles. The van der Waals surface area contributed by atoms with Crippen LogP contribution in [0.1, 0.15) is 24.8 Å². The number of hydrogen-bond acceptors (Lipinski definition) is 4. The molecule has 7 heteroatoms. The minimum atomic E-state index is -2.60. The number of thioether (sulfide) groups is 1. The Hall–Kier alpha value is -2.59. The second-order valence-corrected chi connectivity index (χ2v) is 7.86. The number of halogens is 2. The van der Waals surface area contributed by atoms with Gasteiger partial charge in [0.2, 0.25) is 5.92 Å². The third-order valence-electron chi connectivity index (χ3n) is 5.09. The first-order valence-corrected chi connectivity index (χ1v) is 10.3. The average Bonchev–Trinajstić information content (AvgIpc) is 3.28. The molecule has 1 atom stereocenters.